The predicted molar refractivity (Wildman–Crippen MR) is 46.8 cm³/mol. The predicted octanol–water partition coefficient (Wildman–Crippen LogP) is -1.69. The number of carbonyl (C=O) groups excluding carboxylic acids is 1. The summed E-state index contributed by atoms with van der Waals surface area (Å²) in [5.74, 6) is -0.175. The molecule has 0 saturated carbocycles. The molecule has 1 aliphatic heterocycles. The van der Waals surface area contributed by atoms with Crippen LogP contribution in [0.4, 0.5) is 0 Å². The monoisotopic (exact) mass is 207 g/mol. The number of hydrogen-bond acceptors (Lipinski definition) is 5. The molecule has 6 heteroatoms. The first-order valence-electron chi connectivity index (χ1n) is 4.00. The summed E-state index contributed by atoms with van der Waals surface area (Å²) in [5, 5.41) is 9.33. The molecule has 76 valence electrons. The second kappa shape index (κ2) is 3.36. The molecule has 1 aliphatic rings. The maximum Gasteiger partial charge on any atom is 0.151 e. The Morgan fingerprint density at radius 1 is 1.62 bits per heavy atom. The highest BCUT2D eigenvalue weighted by molar-refractivity contribution is 7.91. The van der Waals surface area contributed by atoms with Crippen molar-refractivity contribution in [2.75, 3.05) is 18.1 Å². The van der Waals surface area contributed by atoms with Crippen LogP contribution < -0.4 is 5.73 Å². The standard InChI is InChI=1S/C7H13NO4S/c8-4-7(6(10)3-9)1-2-13(11,12)5-7/h3,6,10H,1-2,4-5,8H2. The van der Waals surface area contributed by atoms with Crippen molar-refractivity contribution in [2.24, 2.45) is 11.1 Å². The van der Waals surface area contributed by atoms with Gasteiger partial charge in [-0.1, -0.05) is 0 Å². The summed E-state index contributed by atoms with van der Waals surface area (Å²) >= 11 is 0. The van der Waals surface area contributed by atoms with Gasteiger partial charge in [-0.05, 0) is 6.42 Å². The van der Waals surface area contributed by atoms with Crippen molar-refractivity contribution in [1.82, 2.24) is 0 Å². The maximum absolute atomic E-state index is 11.1. The molecular formula is C7H13NO4S. The molecule has 0 aliphatic carbocycles. The summed E-state index contributed by atoms with van der Waals surface area (Å²) < 4.78 is 22.3. The molecule has 13 heavy (non-hydrogen) atoms. The Kier molecular flexibility index (Phi) is 2.74. The molecule has 0 radical (unpaired) electrons. The van der Waals surface area contributed by atoms with E-state index in [1.165, 1.54) is 0 Å². The maximum atomic E-state index is 11.1. The number of aldehydes is 1. The highest BCUT2D eigenvalue weighted by Crippen LogP contribution is 2.33. The van der Waals surface area contributed by atoms with Crippen LogP contribution >= 0.6 is 0 Å². The highest BCUT2D eigenvalue weighted by Gasteiger charge is 2.46. The van der Waals surface area contributed by atoms with E-state index in [-0.39, 0.29) is 24.5 Å². The van der Waals surface area contributed by atoms with Crippen LogP contribution in [0.1, 0.15) is 6.42 Å². The van der Waals surface area contributed by atoms with Gasteiger partial charge in [0.2, 0.25) is 0 Å². The number of nitrogens with two attached hydrogens (primary N) is 1. The summed E-state index contributed by atoms with van der Waals surface area (Å²) in [5.41, 5.74) is 4.44. The van der Waals surface area contributed by atoms with Gasteiger partial charge < -0.3 is 15.6 Å². The lowest BCUT2D eigenvalue weighted by molar-refractivity contribution is -0.120. The smallest absolute Gasteiger partial charge is 0.151 e. The Balaban J connectivity index is 2.92. The zero-order valence-corrected chi connectivity index (χ0v) is 7.96. The van der Waals surface area contributed by atoms with Crippen LogP contribution in [-0.4, -0.2) is 44.0 Å². The summed E-state index contributed by atoms with van der Waals surface area (Å²) in [7, 11) is -3.12. The van der Waals surface area contributed by atoms with Gasteiger partial charge in [0, 0.05) is 12.0 Å². The van der Waals surface area contributed by atoms with Crippen molar-refractivity contribution in [2.45, 2.75) is 12.5 Å². The molecule has 1 heterocycles. The SMILES string of the molecule is NCC1(C(O)C=O)CCS(=O)(=O)C1. The number of aliphatic hydroxyl groups is 1. The lowest BCUT2D eigenvalue weighted by Crippen LogP contribution is -2.43. The molecule has 0 amide bonds. The topological polar surface area (TPSA) is 97.5 Å². The fourth-order valence-corrected chi connectivity index (χ4v) is 3.77. The minimum Gasteiger partial charge on any atom is -0.385 e. The Hall–Kier alpha value is -0.460. The molecule has 1 fully saturated rings. The van der Waals surface area contributed by atoms with Crippen LogP contribution in [-0.2, 0) is 14.6 Å². The Bertz CT molecular complexity index is 300. The van der Waals surface area contributed by atoms with E-state index in [9.17, 15) is 18.3 Å². The first-order valence-corrected chi connectivity index (χ1v) is 5.82. The van der Waals surface area contributed by atoms with Gasteiger partial charge in [0.1, 0.15) is 12.4 Å². The zero-order chi connectivity index (χ0) is 10.1. The first kappa shape index (κ1) is 10.6. The van der Waals surface area contributed by atoms with E-state index in [1.807, 2.05) is 0 Å². The average molecular weight is 207 g/mol. The van der Waals surface area contributed by atoms with E-state index < -0.39 is 21.4 Å². The third-order valence-corrected chi connectivity index (χ3v) is 4.42. The largest absolute Gasteiger partial charge is 0.385 e. The minimum absolute atomic E-state index is 0.00903. The average Bonchev–Trinajstić information content (AvgIpc) is 2.41. The van der Waals surface area contributed by atoms with Crippen molar-refractivity contribution in [3.63, 3.8) is 0 Å². The summed E-state index contributed by atoms with van der Waals surface area (Å²) in [6.45, 7) is 0.0200. The number of hydrogen-bond donors (Lipinski definition) is 2. The lowest BCUT2D eigenvalue weighted by atomic mass is 9.82. The molecule has 1 rings (SSSR count). The normalized spacial score (nSPS) is 34.3. The quantitative estimate of drug-likeness (QED) is 0.538. The van der Waals surface area contributed by atoms with Gasteiger partial charge in [-0.25, -0.2) is 8.42 Å². The second-order valence-electron chi connectivity index (χ2n) is 3.49. The molecule has 0 spiro atoms. The number of aliphatic hydroxyl groups excluding tert-OH is 1. The van der Waals surface area contributed by atoms with Crippen molar-refractivity contribution in [3.05, 3.63) is 0 Å². The van der Waals surface area contributed by atoms with E-state index in [0.29, 0.717) is 6.29 Å². The number of rotatable bonds is 3. The van der Waals surface area contributed by atoms with Crippen molar-refractivity contribution >= 4 is 16.1 Å². The zero-order valence-electron chi connectivity index (χ0n) is 7.14. The molecule has 1 saturated heterocycles. The van der Waals surface area contributed by atoms with Crippen LogP contribution in [0.25, 0.3) is 0 Å². The van der Waals surface area contributed by atoms with Crippen molar-refractivity contribution < 1.29 is 18.3 Å². The van der Waals surface area contributed by atoms with Gasteiger partial charge in [0.15, 0.2) is 9.84 Å². The van der Waals surface area contributed by atoms with Crippen LogP contribution in [0.2, 0.25) is 0 Å². The third kappa shape index (κ3) is 1.90. The molecule has 0 bridgehead atoms. The number of sulfone groups is 1. The van der Waals surface area contributed by atoms with E-state index in [2.05, 4.69) is 0 Å². The molecule has 2 atom stereocenters. The first-order chi connectivity index (χ1) is 5.96. The van der Waals surface area contributed by atoms with E-state index >= 15 is 0 Å². The van der Waals surface area contributed by atoms with Crippen LogP contribution in [0.5, 0.6) is 0 Å². The van der Waals surface area contributed by atoms with Gasteiger partial charge in [0.25, 0.3) is 0 Å². The highest BCUT2D eigenvalue weighted by atomic mass is 32.2. The van der Waals surface area contributed by atoms with Gasteiger partial charge >= 0.3 is 0 Å². The van der Waals surface area contributed by atoms with E-state index in [0.717, 1.165) is 0 Å². The third-order valence-electron chi connectivity index (χ3n) is 2.58. The van der Waals surface area contributed by atoms with Crippen LogP contribution in [0.15, 0.2) is 0 Å². The van der Waals surface area contributed by atoms with E-state index in [1.54, 1.807) is 0 Å². The Morgan fingerprint density at radius 3 is 2.54 bits per heavy atom. The van der Waals surface area contributed by atoms with Gasteiger partial charge in [-0.2, -0.15) is 0 Å². The fraction of sp³-hybridized carbons (Fsp3) is 0.857. The molecule has 0 aromatic carbocycles. The minimum atomic E-state index is -3.12. The summed E-state index contributed by atoms with van der Waals surface area (Å²) in [4.78, 5) is 10.4. The summed E-state index contributed by atoms with van der Waals surface area (Å²) in [6.07, 6.45) is -0.644. The van der Waals surface area contributed by atoms with Crippen molar-refractivity contribution in [3.8, 4) is 0 Å². The second-order valence-corrected chi connectivity index (χ2v) is 5.67. The molecule has 3 N–H and O–H groups in total. The Morgan fingerprint density at radius 2 is 2.23 bits per heavy atom. The molecule has 0 aromatic heterocycles. The van der Waals surface area contributed by atoms with Gasteiger partial charge in [-0.3, -0.25) is 0 Å². The van der Waals surface area contributed by atoms with Crippen molar-refractivity contribution in [1.29, 1.82) is 0 Å². The Labute approximate surface area is 76.8 Å². The number of carbonyl (C=O) groups is 1. The lowest BCUT2D eigenvalue weighted by Gasteiger charge is -2.27. The summed E-state index contributed by atoms with van der Waals surface area (Å²) in [6, 6.07) is 0. The molecule has 0 aromatic rings. The van der Waals surface area contributed by atoms with Gasteiger partial charge in [0.05, 0.1) is 11.5 Å². The molecular weight excluding hydrogens is 194 g/mol. The molecule has 2 unspecified atom stereocenters. The van der Waals surface area contributed by atoms with Crippen LogP contribution in [0, 0.1) is 5.41 Å². The van der Waals surface area contributed by atoms with E-state index in [4.69, 9.17) is 5.73 Å². The van der Waals surface area contributed by atoms with Gasteiger partial charge in [-0.15, -0.1) is 0 Å². The van der Waals surface area contributed by atoms with Crippen LogP contribution in [0.3, 0.4) is 0 Å². The fourth-order valence-electron chi connectivity index (χ4n) is 1.60. The molecule has 5 nitrogen and oxygen atoms in total.